The fourth-order valence-corrected chi connectivity index (χ4v) is 3.53. The van der Waals surface area contributed by atoms with Gasteiger partial charge < -0.3 is 0 Å². The molecule has 17 heavy (non-hydrogen) atoms. The number of rotatable bonds is 4. The van der Waals surface area contributed by atoms with Gasteiger partial charge in [0.2, 0.25) is 10.0 Å². The van der Waals surface area contributed by atoms with Crippen LogP contribution in [0.25, 0.3) is 0 Å². The summed E-state index contributed by atoms with van der Waals surface area (Å²) in [6.45, 7) is 2.48. The molecule has 1 saturated carbocycles. The van der Waals surface area contributed by atoms with Crippen LogP contribution in [0.1, 0.15) is 31.2 Å². The molecular weight excluding hydrogens is 234 g/mol. The maximum atomic E-state index is 12.0. The average molecular weight is 253 g/mol. The highest BCUT2D eigenvalue weighted by Gasteiger charge is 2.19. The Morgan fingerprint density at radius 2 is 2.00 bits per heavy atom. The predicted octanol–water partition coefficient (Wildman–Crippen LogP) is 2.46. The molecule has 0 saturated heterocycles. The van der Waals surface area contributed by atoms with Crippen molar-refractivity contribution in [3.05, 3.63) is 29.8 Å². The third-order valence-electron chi connectivity index (χ3n) is 3.34. The molecule has 2 rings (SSSR count). The average Bonchev–Trinajstić information content (AvgIpc) is 2.79. The van der Waals surface area contributed by atoms with Gasteiger partial charge in [0, 0.05) is 6.54 Å². The van der Waals surface area contributed by atoms with Crippen LogP contribution in [0.5, 0.6) is 0 Å². The minimum atomic E-state index is -3.32. The molecule has 0 bridgehead atoms. The van der Waals surface area contributed by atoms with Crippen molar-refractivity contribution in [3.63, 3.8) is 0 Å². The van der Waals surface area contributed by atoms with Gasteiger partial charge in [0.15, 0.2) is 0 Å². The fourth-order valence-electron chi connectivity index (χ4n) is 2.31. The Hall–Kier alpha value is -0.870. The van der Waals surface area contributed by atoms with Gasteiger partial charge in [-0.05, 0) is 43.4 Å². The third kappa shape index (κ3) is 3.30. The van der Waals surface area contributed by atoms with Crippen LogP contribution in [0.4, 0.5) is 0 Å². The highest BCUT2D eigenvalue weighted by Crippen LogP contribution is 2.24. The van der Waals surface area contributed by atoms with Crippen molar-refractivity contribution in [2.75, 3.05) is 6.54 Å². The first-order valence-electron chi connectivity index (χ1n) is 6.14. The third-order valence-corrected chi connectivity index (χ3v) is 4.76. The van der Waals surface area contributed by atoms with Crippen LogP contribution in [0.3, 0.4) is 0 Å². The fraction of sp³-hybridized carbons (Fsp3) is 0.538. The van der Waals surface area contributed by atoms with E-state index in [4.69, 9.17) is 0 Å². The molecular formula is C13H19NO2S. The van der Waals surface area contributed by atoms with Gasteiger partial charge in [-0.25, -0.2) is 13.1 Å². The molecule has 3 nitrogen and oxygen atoms in total. The second kappa shape index (κ2) is 5.19. The summed E-state index contributed by atoms with van der Waals surface area (Å²) in [5.41, 5.74) is 0.966. The Morgan fingerprint density at radius 3 is 2.65 bits per heavy atom. The highest BCUT2D eigenvalue weighted by molar-refractivity contribution is 7.89. The SMILES string of the molecule is Cc1cccc(S(=O)(=O)NCC2CCCC2)c1. The lowest BCUT2D eigenvalue weighted by atomic mass is 10.1. The van der Waals surface area contributed by atoms with Crippen LogP contribution in [-0.2, 0) is 10.0 Å². The Bertz CT molecular complexity index is 476. The molecule has 0 atom stereocenters. The van der Waals surface area contributed by atoms with E-state index in [9.17, 15) is 8.42 Å². The van der Waals surface area contributed by atoms with Gasteiger partial charge in [0.25, 0.3) is 0 Å². The first-order valence-corrected chi connectivity index (χ1v) is 7.62. The molecule has 0 unspecified atom stereocenters. The molecule has 1 aliphatic rings. The normalized spacial score (nSPS) is 17.5. The van der Waals surface area contributed by atoms with Gasteiger partial charge in [0.1, 0.15) is 0 Å². The molecule has 1 aliphatic carbocycles. The molecule has 0 spiro atoms. The summed E-state index contributed by atoms with van der Waals surface area (Å²) < 4.78 is 26.8. The Labute approximate surface area is 103 Å². The molecule has 4 heteroatoms. The minimum absolute atomic E-state index is 0.371. The van der Waals surface area contributed by atoms with Crippen molar-refractivity contribution in [3.8, 4) is 0 Å². The summed E-state index contributed by atoms with van der Waals surface area (Å²) >= 11 is 0. The summed E-state index contributed by atoms with van der Waals surface area (Å²) in [4.78, 5) is 0.371. The first kappa shape index (κ1) is 12.6. The van der Waals surface area contributed by atoms with E-state index in [2.05, 4.69) is 4.72 Å². The van der Waals surface area contributed by atoms with Crippen molar-refractivity contribution >= 4 is 10.0 Å². The zero-order valence-corrected chi connectivity index (χ0v) is 11.0. The van der Waals surface area contributed by atoms with Gasteiger partial charge in [-0.1, -0.05) is 25.0 Å². The molecule has 0 amide bonds. The van der Waals surface area contributed by atoms with Crippen LogP contribution >= 0.6 is 0 Å². The zero-order chi connectivity index (χ0) is 12.3. The second-order valence-electron chi connectivity index (χ2n) is 4.82. The lowest BCUT2D eigenvalue weighted by Gasteiger charge is -2.11. The van der Waals surface area contributed by atoms with Gasteiger partial charge >= 0.3 is 0 Å². The molecule has 1 aromatic carbocycles. The maximum Gasteiger partial charge on any atom is 0.240 e. The van der Waals surface area contributed by atoms with Crippen molar-refractivity contribution in [2.45, 2.75) is 37.5 Å². The zero-order valence-electron chi connectivity index (χ0n) is 10.1. The van der Waals surface area contributed by atoms with E-state index in [1.165, 1.54) is 12.8 Å². The first-order chi connectivity index (χ1) is 8.08. The molecule has 0 radical (unpaired) electrons. The molecule has 1 fully saturated rings. The number of sulfonamides is 1. The van der Waals surface area contributed by atoms with E-state index in [1.54, 1.807) is 18.2 Å². The standard InChI is InChI=1S/C13H19NO2S/c1-11-5-4-8-13(9-11)17(15,16)14-10-12-6-2-3-7-12/h4-5,8-9,12,14H,2-3,6-7,10H2,1H3. The number of aryl methyl sites for hydroxylation is 1. The van der Waals surface area contributed by atoms with Crippen molar-refractivity contribution in [1.82, 2.24) is 4.72 Å². The summed E-state index contributed by atoms with van der Waals surface area (Å²) in [6, 6.07) is 7.02. The summed E-state index contributed by atoms with van der Waals surface area (Å²) in [5, 5.41) is 0. The topological polar surface area (TPSA) is 46.2 Å². The molecule has 0 heterocycles. The largest absolute Gasteiger partial charge is 0.240 e. The van der Waals surface area contributed by atoms with E-state index in [-0.39, 0.29) is 0 Å². The molecule has 1 N–H and O–H groups in total. The van der Waals surface area contributed by atoms with E-state index in [0.29, 0.717) is 17.4 Å². The van der Waals surface area contributed by atoms with Crippen LogP contribution in [0.15, 0.2) is 29.2 Å². The molecule has 0 aliphatic heterocycles. The summed E-state index contributed by atoms with van der Waals surface area (Å²) in [5.74, 6) is 0.523. The van der Waals surface area contributed by atoms with Gasteiger partial charge in [-0.2, -0.15) is 0 Å². The number of hydrogen-bond donors (Lipinski definition) is 1. The lowest BCUT2D eigenvalue weighted by molar-refractivity contribution is 0.519. The maximum absolute atomic E-state index is 12.0. The van der Waals surface area contributed by atoms with E-state index in [1.807, 2.05) is 13.0 Å². The Morgan fingerprint density at radius 1 is 1.29 bits per heavy atom. The van der Waals surface area contributed by atoms with Crippen LogP contribution in [0.2, 0.25) is 0 Å². The highest BCUT2D eigenvalue weighted by atomic mass is 32.2. The van der Waals surface area contributed by atoms with E-state index in [0.717, 1.165) is 18.4 Å². The second-order valence-corrected chi connectivity index (χ2v) is 6.59. The number of benzene rings is 1. The minimum Gasteiger partial charge on any atom is -0.211 e. The smallest absolute Gasteiger partial charge is 0.211 e. The predicted molar refractivity (Wildman–Crippen MR) is 68.3 cm³/mol. The monoisotopic (exact) mass is 253 g/mol. The Balaban J connectivity index is 2.03. The lowest BCUT2D eigenvalue weighted by Crippen LogP contribution is -2.28. The quantitative estimate of drug-likeness (QED) is 0.896. The van der Waals surface area contributed by atoms with Crippen LogP contribution < -0.4 is 4.72 Å². The summed E-state index contributed by atoms with van der Waals surface area (Å²) in [7, 11) is -3.32. The van der Waals surface area contributed by atoms with Crippen molar-refractivity contribution < 1.29 is 8.42 Å². The van der Waals surface area contributed by atoms with Crippen LogP contribution in [0, 0.1) is 12.8 Å². The van der Waals surface area contributed by atoms with Gasteiger partial charge in [0.05, 0.1) is 4.90 Å². The number of hydrogen-bond acceptors (Lipinski definition) is 2. The molecule has 94 valence electrons. The van der Waals surface area contributed by atoms with Gasteiger partial charge in [-0.3, -0.25) is 0 Å². The summed E-state index contributed by atoms with van der Waals surface area (Å²) in [6.07, 6.45) is 4.76. The van der Waals surface area contributed by atoms with Crippen molar-refractivity contribution in [1.29, 1.82) is 0 Å². The van der Waals surface area contributed by atoms with Crippen molar-refractivity contribution in [2.24, 2.45) is 5.92 Å². The van der Waals surface area contributed by atoms with Gasteiger partial charge in [-0.15, -0.1) is 0 Å². The molecule has 1 aromatic rings. The Kier molecular flexibility index (Phi) is 3.84. The number of nitrogens with one attached hydrogen (secondary N) is 1. The van der Waals surface area contributed by atoms with E-state index >= 15 is 0 Å². The molecule has 0 aromatic heterocycles. The van der Waals surface area contributed by atoms with Crippen LogP contribution in [-0.4, -0.2) is 15.0 Å². The van der Waals surface area contributed by atoms with E-state index < -0.39 is 10.0 Å².